The van der Waals surface area contributed by atoms with Crippen molar-refractivity contribution in [2.45, 2.75) is 39.0 Å². The molecule has 4 heteroatoms. The molecule has 1 heterocycles. The minimum absolute atomic E-state index is 0.198. The molecule has 1 amide bonds. The van der Waals surface area contributed by atoms with Crippen LogP contribution in [0.25, 0.3) is 0 Å². The number of nitrogens with zero attached hydrogens (tertiary/aromatic N) is 1. The van der Waals surface area contributed by atoms with E-state index in [2.05, 4.69) is 31.2 Å². The highest BCUT2D eigenvalue weighted by atomic mass is 16.5. The second-order valence-corrected chi connectivity index (χ2v) is 7.71. The van der Waals surface area contributed by atoms with E-state index < -0.39 is 0 Å². The van der Waals surface area contributed by atoms with Gasteiger partial charge in [0.05, 0.1) is 20.6 Å². The van der Waals surface area contributed by atoms with Crippen LogP contribution in [0.4, 0.5) is 0 Å². The van der Waals surface area contributed by atoms with Gasteiger partial charge in [0.25, 0.3) is 0 Å². The van der Waals surface area contributed by atoms with Gasteiger partial charge in [0, 0.05) is 13.1 Å². The molecular formula is C24H31NO3. The van der Waals surface area contributed by atoms with Gasteiger partial charge in [0.15, 0.2) is 11.5 Å². The SMILES string of the molecule is COc1ccc(CC(=O)N2CCC(CCc3ccc(C)cc3)CC2)cc1OC. The van der Waals surface area contributed by atoms with Gasteiger partial charge in [0.2, 0.25) is 5.91 Å². The fourth-order valence-electron chi connectivity index (χ4n) is 3.87. The Bertz CT molecular complexity index is 777. The van der Waals surface area contributed by atoms with Crippen molar-refractivity contribution in [2.75, 3.05) is 27.3 Å². The monoisotopic (exact) mass is 381 g/mol. The van der Waals surface area contributed by atoms with Crippen LogP contribution in [0.3, 0.4) is 0 Å². The molecule has 1 fully saturated rings. The molecule has 0 bridgehead atoms. The van der Waals surface area contributed by atoms with Crippen LogP contribution in [0.15, 0.2) is 42.5 Å². The van der Waals surface area contributed by atoms with E-state index in [1.807, 2.05) is 23.1 Å². The highest BCUT2D eigenvalue weighted by Crippen LogP contribution is 2.28. The largest absolute Gasteiger partial charge is 0.493 e. The van der Waals surface area contributed by atoms with Gasteiger partial charge in [-0.1, -0.05) is 35.9 Å². The number of aryl methyl sites for hydroxylation is 2. The molecule has 0 atom stereocenters. The lowest BCUT2D eigenvalue weighted by atomic mass is 9.90. The van der Waals surface area contributed by atoms with Crippen LogP contribution in [0, 0.1) is 12.8 Å². The zero-order chi connectivity index (χ0) is 19.9. The Kier molecular flexibility index (Phi) is 6.96. The number of ether oxygens (including phenoxy) is 2. The standard InChI is InChI=1S/C24H31NO3/c1-18-4-6-19(7-5-18)8-9-20-12-14-25(15-13-20)24(26)17-21-10-11-22(27-2)23(16-21)28-3/h4-7,10-11,16,20H,8-9,12-15,17H2,1-3H3. The predicted octanol–water partition coefficient (Wildman–Crippen LogP) is 4.43. The third kappa shape index (κ3) is 5.28. The van der Waals surface area contributed by atoms with E-state index in [1.54, 1.807) is 14.2 Å². The molecule has 3 rings (SSSR count). The van der Waals surface area contributed by atoms with E-state index >= 15 is 0 Å². The molecule has 4 nitrogen and oxygen atoms in total. The number of carbonyl (C=O) groups is 1. The molecule has 1 saturated heterocycles. The molecular weight excluding hydrogens is 350 g/mol. The number of piperidine rings is 1. The third-order valence-corrected chi connectivity index (χ3v) is 5.73. The van der Waals surface area contributed by atoms with Crippen molar-refractivity contribution < 1.29 is 14.3 Å². The van der Waals surface area contributed by atoms with E-state index in [-0.39, 0.29) is 5.91 Å². The van der Waals surface area contributed by atoms with Crippen LogP contribution >= 0.6 is 0 Å². The van der Waals surface area contributed by atoms with Gasteiger partial charge < -0.3 is 14.4 Å². The van der Waals surface area contributed by atoms with Gasteiger partial charge in [-0.2, -0.15) is 0 Å². The third-order valence-electron chi connectivity index (χ3n) is 5.73. The van der Waals surface area contributed by atoms with Crippen molar-refractivity contribution in [3.63, 3.8) is 0 Å². The highest BCUT2D eigenvalue weighted by molar-refractivity contribution is 5.79. The summed E-state index contributed by atoms with van der Waals surface area (Å²) in [6, 6.07) is 14.5. The molecule has 0 radical (unpaired) electrons. The molecule has 0 unspecified atom stereocenters. The van der Waals surface area contributed by atoms with Crippen LogP contribution < -0.4 is 9.47 Å². The van der Waals surface area contributed by atoms with Crippen LogP contribution in [-0.4, -0.2) is 38.1 Å². The molecule has 0 spiro atoms. The minimum Gasteiger partial charge on any atom is -0.493 e. The van der Waals surface area contributed by atoms with Crippen LogP contribution in [0.5, 0.6) is 11.5 Å². The molecule has 0 saturated carbocycles. The second kappa shape index (κ2) is 9.63. The summed E-state index contributed by atoms with van der Waals surface area (Å²) in [5, 5.41) is 0. The van der Waals surface area contributed by atoms with Gasteiger partial charge in [0.1, 0.15) is 0 Å². The number of hydrogen-bond donors (Lipinski definition) is 0. The molecule has 28 heavy (non-hydrogen) atoms. The zero-order valence-electron chi connectivity index (χ0n) is 17.2. The van der Waals surface area contributed by atoms with E-state index in [1.165, 1.54) is 17.5 Å². The van der Waals surface area contributed by atoms with E-state index in [4.69, 9.17) is 9.47 Å². The average molecular weight is 382 g/mol. The Balaban J connectivity index is 1.46. The molecule has 150 valence electrons. The Morgan fingerprint density at radius 3 is 2.25 bits per heavy atom. The van der Waals surface area contributed by atoms with Gasteiger partial charge in [-0.25, -0.2) is 0 Å². The maximum atomic E-state index is 12.7. The number of methoxy groups -OCH3 is 2. The highest BCUT2D eigenvalue weighted by Gasteiger charge is 2.23. The maximum Gasteiger partial charge on any atom is 0.226 e. The summed E-state index contributed by atoms with van der Waals surface area (Å²) in [5.74, 6) is 2.27. The van der Waals surface area contributed by atoms with E-state index in [0.29, 0.717) is 23.8 Å². The number of benzene rings is 2. The molecule has 2 aromatic rings. The Labute approximate surface area is 168 Å². The fraction of sp³-hybridized carbons (Fsp3) is 0.458. The molecule has 2 aromatic carbocycles. The number of carbonyl (C=O) groups excluding carboxylic acids is 1. The number of rotatable bonds is 7. The first-order valence-electron chi connectivity index (χ1n) is 10.1. The summed E-state index contributed by atoms with van der Waals surface area (Å²) >= 11 is 0. The Morgan fingerprint density at radius 1 is 0.964 bits per heavy atom. The first-order valence-corrected chi connectivity index (χ1v) is 10.1. The molecule has 1 aliphatic rings. The van der Waals surface area contributed by atoms with Crippen LogP contribution in [-0.2, 0) is 17.6 Å². The summed E-state index contributed by atoms with van der Waals surface area (Å²) in [6.45, 7) is 3.86. The van der Waals surface area contributed by atoms with Crippen LogP contribution in [0.2, 0.25) is 0 Å². The topological polar surface area (TPSA) is 38.8 Å². The van der Waals surface area contributed by atoms with Crippen molar-refractivity contribution in [1.82, 2.24) is 4.90 Å². The van der Waals surface area contributed by atoms with E-state index in [9.17, 15) is 4.79 Å². The van der Waals surface area contributed by atoms with E-state index in [0.717, 1.165) is 37.9 Å². The molecule has 0 N–H and O–H groups in total. The maximum absolute atomic E-state index is 12.7. The summed E-state index contributed by atoms with van der Waals surface area (Å²) in [6.07, 6.45) is 4.95. The second-order valence-electron chi connectivity index (χ2n) is 7.71. The number of amides is 1. The van der Waals surface area contributed by atoms with Crippen molar-refractivity contribution in [2.24, 2.45) is 5.92 Å². The van der Waals surface area contributed by atoms with Crippen molar-refractivity contribution in [1.29, 1.82) is 0 Å². The lowest BCUT2D eigenvalue weighted by Crippen LogP contribution is -2.39. The Hall–Kier alpha value is -2.49. The normalized spacial score (nSPS) is 14.8. The first-order chi connectivity index (χ1) is 13.6. The van der Waals surface area contributed by atoms with Gasteiger partial charge >= 0.3 is 0 Å². The quantitative estimate of drug-likeness (QED) is 0.712. The first kappa shape index (κ1) is 20.2. The smallest absolute Gasteiger partial charge is 0.226 e. The van der Waals surface area contributed by atoms with Gasteiger partial charge in [-0.15, -0.1) is 0 Å². The summed E-state index contributed by atoms with van der Waals surface area (Å²) in [5.41, 5.74) is 3.69. The predicted molar refractivity (Wildman–Crippen MR) is 112 cm³/mol. The van der Waals surface area contributed by atoms with Crippen molar-refractivity contribution >= 4 is 5.91 Å². The van der Waals surface area contributed by atoms with Gasteiger partial charge in [-0.3, -0.25) is 4.79 Å². The van der Waals surface area contributed by atoms with Crippen LogP contribution in [0.1, 0.15) is 36.0 Å². The number of hydrogen-bond acceptors (Lipinski definition) is 3. The van der Waals surface area contributed by atoms with Crippen molar-refractivity contribution in [3.05, 3.63) is 59.2 Å². The minimum atomic E-state index is 0.198. The summed E-state index contributed by atoms with van der Waals surface area (Å²) in [4.78, 5) is 14.7. The fourth-order valence-corrected chi connectivity index (χ4v) is 3.87. The average Bonchev–Trinajstić information content (AvgIpc) is 2.73. The molecule has 0 aliphatic carbocycles. The van der Waals surface area contributed by atoms with Crippen molar-refractivity contribution in [3.8, 4) is 11.5 Å². The lowest BCUT2D eigenvalue weighted by Gasteiger charge is -2.32. The lowest BCUT2D eigenvalue weighted by molar-refractivity contribution is -0.131. The summed E-state index contributed by atoms with van der Waals surface area (Å²) < 4.78 is 10.6. The number of likely N-dealkylation sites (tertiary alicyclic amines) is 1. The zero-order valence-corrected chi connectivity index (χ0v) is 17.2. The molecule has 0 aromatic heterocycles. The molecule has 1 aliphatic heterocycles. The summed E-state index contributed by atoms with van der Waals surface area (Å²) in [7, 11) is 3.23. The van der Waals surface area contributed by atoms with Gasteiger partial charge in [-0.05, 0) is 61.8 Å². The Morgan fingerprint density at radius 2 is 1.61 bits per heavy atom.